The van der Waals surface area contributed by atoms with Gasteiger partial charge in [-0.1, -0.05) is 13.8 Å². The molecule has 0 spiro atoms. The largest absolute Gasteiger partial charge is 0.329 e. The van der Waals surface area contributed by atoms with E-state index in [-0.39, 0.29) is 5.54 Å². The van der Waals surface area contributed by atoms with E-state index in [0.29, 0.717) is 6.04 Å². The highest BCUT2D eigenvalue weighted by molar-refractivity contribution is 5.01. The van der Waals surface area contributed by atoms with Gasteiger partial charge in [-0.05, 0) is 58.4 Å². The Labute approximate surface area is 125 Å². The molecule has 2 aliphatic rings. The van der Waals surface area contributed by atoms with Crippen molar-refractivity contribution in [3.05, 3.63) is 0 Å². The zero-order valence-corrected chi connectivity index (χ0v) is 14.1. The summed E-state index contributed by atoms with van der Waals surface area (Å²) in [6.07, 6.45) is 6.63. The first-order valence-electron chi connectivity index (χ1n) is 8.69. The SMILES string of the molecule is CC(C)CN(C1CC1)C1(CN)CCCN(C(C)C)CC1. The highest BCUT2D eigenvalue weighted by atomic mass is 15.3. The minimum atomic E-state index is 0.273. The lowest BCUT2D eigenvalue weighted by Crippen LogP contribution is -2.56. The molecule has 1 atom stereocenters. The molecule has 2 N–H and O–H groups in total. The topological polar surface area (TPSA) is 32.5 Å². The molecule has 0 amide bonds. The van der Waals surface area contributed by atoms with Crippen molar-refractivity contribution in [2.24, 2.45) is 11.7 Å². The minimum absolute atomic E-state index is 0.273. The highest BCUT2D eigenvalue weighted by Gasteiger charge is 2.44. The fourth-order valence-corrected chi connectivity index (χ4v) is 3.83. The van der Waals surface area contributed by atoms with Gasteiger partial charge in [0.25, 0.3) is 0 Å². The smallest absolute Gasteiger partial charge is 0.0347 e. The fraction of sp³-hybridized carbons (Fsp3) is 1.00. The molecule has 2 rings (SSSR count). The van der Waals surface area contributed by atoms with Crippen molar-refractivity contribution < 1.29 is 0 Å². The maximum absolute atomic E-state index is 6.31. The fourth-order valence-electron chi connectivity index (χ4n) is 3.83. The van der Waals surface area contributed by atoms with Crippen LogP contribution in [-0.4, -0.2) is 53.6 Å². The molecule has 0 aromatic carbocycles. The van der Waals surface area contributed by atoms with Crippen LogP contribution in [0.5, 0.6) is 0 Å². The first kappa shape index (κ1) is 16.3. The summed E-state index contributed by atoms with van der Waals surface area (Å²) < 4.78 is 0. The Kier molecular flexibility index (Phi) is 5.49. The average molecular weight is 281 g/mol. The van der Waals surface area contributed by atoms with E-state index in [0.717, 1.165) is 18.5 Å². The number of rotatable bonds is 6. The molecule has 118 valence electrons. The number of hydrogen-bond acceptors (Lipinski definition) is 3. The first-order valence-corrected chi connectivity index (χ1v) is 8.69. The van der Waals surface area contributed by atoms with Gasteiger partial charge < -0.3 is 10.6 Å². The summed E-state index contributed by atoms with van der Waals surface area (Å²) in [5.74, 6) is 0.739. The quantitative estimate of drug-likeness (QED) is 0.812. The van der Waals surface area contributed by atoms with Crippen molar-refractivity contribution in [1.29, 1.82) is 0 Å². The van der Waals surface area contributed by atoms with Gasteiger partial charge in [0.2, 0.25) is 0 Å². The van der Waals surface area contributed by atoms with Crippen LogP contribution >= 0.6 is 0 Å². The third-order valence-corrected chi connectivity index (χ3v) is 5.22. The van der Waals surface area contributed by atoms with Gasteiger partial charge >= 0.3 is 0 Å². The van der Waals surface area contributed by atoms with Crippen molar-refractivity contribution >= 4 is 0 Å². The average Bonchev–Trinajstić information content (AvgIpc) is 3.22. The highest BCUT2D eigenvalue weighted by Crippen LogP contribution is 2.38. The lowest BCUT2D eigenvalue weighted by molar-refractivity contribution is 0.0565. The maximum Gasteiger partial charge on any atom is 0.0347 e. The molecule has 0 radical (unpaired) electrons. The molecule has 3 nitrogen and oxygen atoms in total. The monoisotopic (exact) mass is 281 g/mol. The molecule has 1 saturated carbocycles. The van der Waals surface area contributed by atoms with Crippen LogP contribution in [-0.2, 0) is 0 Å². The second-order valence-electron chi connectivity index (χ2n) is 7.69. The van der Waals surface area contributed by atoms with Crippen LogP contribution in [0.15, 0.2) is 0 Å². The molecule has 1 aliphatic heterocycles. The Morgan fingerprint density at radius 2 is 1.85 bits per heavy atom. The van der Waals surface area contributed by atoms with E-state index in [1.54, 1.807) is 0 Å². The van der Waals surface area contributed by atoms with Crippen molar-refractivity contribution in [2.75, 3.05) is 26.2 Å². The molecular formula is C17H35N3. The van der Waals surface area contributed by atoms with Gasteiger partial charge in [0.05, 0.1) is 0 Å². The lowest BCUT2D eigenvalue weighted by Gasteiger charge is -2.44. The Morgan fingerprint density at radius 1 is 1.15 bits per heavy atom. The Morgan fingerprint density at radius 3 is 2.35 bits per heavy atom. The Balaban J connectivity index is 2.10. The zero-order chi connectivity index (χ0) is 14.8. The van der Waals surface area contributed by atoms with E-state index in [1.165, 1.54) is 51.7 Å². The van der Waals surface area contributed by atoms with Crippen LogP contribution in [0.25, 0.3) is 0 Å². The van der Waals surface area contributed by atoms with E-state index in [9.17, 15) is 0 Å². The van der Waals surface area contributed by atoms with Crippen molar-refractivity contribution in [1.82, 2.24) is 9.80 Å². The van der Waals surface area contributed by atoms with E-state index >= 15 is 0 Å². The summed E-state index contributed by atoms with van der Waals surface area (Å²) >= 11 is 0. The van der Waals surface area contributed by atoms with E-state index < -0.39 is 0 Å². The number of nitrogens with two attached hydrogens (primary N) is 1. The van der Waals surface area contributed by atoms with Gasteiger partial charge in [-0.25, -0.2) is 0 Å². The second kappa shape index (κ2) is 6.76. The van der Waals surface area contributed by atoms with Crippen molar-refractivity contribution in [2.45, 2.75) is 77.4 Å². The molecule has 2 fully saturated rings. The van der Waals surface area contributed by atoms with Crippen molar-refractivity contribution in [3.63, 3.8) is 0 Å². The van der Waals surface area contributed by atoms with Gasteiger partial charge in [0.15, 0.2) is 0 Å². The zero-order valence-electron chi connectivity index (χ0n) is 14.1. The van der Waals surface area contributed by atoms with Crippen LogP contribution in [0.1, 0.15) is 59.8 Å². The summed E-state index contributed by atoms with van der Waals surface area (Å²) in [4.78, 5) is 5.44. The van der Waals surface area contributed by atoms with Gasteiger partial charge in [0, 0.05) is 37.3 Å². The molecule has 0 aromatic heterocycles. The molecule has 1 saturated heterocycles. The number of hydrogen-bond donors (Lipinski definition) is 1. The van der Waals surface area contributed by atoms with Crippen LogP contribution in [0, 0.1) is 5.92 Å². The van der Waals surface area contributed by atoms with Crippen molar-refractivity contribution in [3.8, 4) is 0 Å². The summed E-state index contributed by atoms with van der Waals surface area (Å²) in [6, 6.07) is 1.49. The second-order valence-corrected chi connectivity index (χ2v) is 7.69. The predicted octanol–water partition coefficient (Wildman–Crippen LogP) is 2.70. The summed E-state index contributed by atoms with van der Waals surface area (Å²) in [5, 5.41) is 0. The Hall–Kier alpha value is -0.120. The predicted molar refractivity (Wildman–Crippen MR) is 86.9 cm³/mol. The van der Waals surface area contributed by atoms with Crippen LogP contribution in [0.4, 0.5) is 0 Å². The molecule has 1 unspecified atom stereocenters. The first-order chi connectivity index (χ1) is 9.48. The normalized spacial score (nSPS) is 29.4. The molecule has 3 heteroatoms. The van der Waals surface area contributed by atoms with Gasteiger partial charge in [-0.3, -0.25) is 4.90 Å². The molecular weight excluding hydrogens is 246 g/mol. The van der Waals surface area contributed by atoms with E-state index in [1.807, 2.05) is 0 Å². The van der Waals surface area contributed by atoms with Gasteiger partial charge in [-0.15, -0.1) is 0 Å². The number of likely N-dealkylation sites (tertiary alicyclic amines) is 1. The maximum atomic E-state index is 6.31. The third-order valence-electron chi connectivity index (χ3n) is 5.22. The molecule has 0 bridgehead atoms. The summed E-state index contributed by atoms with van der Waals surface area (Å²) in [5.41, 5.74) is 6.58. The van der Waals surface area contributed by atoms with Crippen LogP contribution in [0.3, 0.4) is 0 Å². The molecule has 0 aromatic rings. The summed E-state index contributed by atoms with van der Waals surface area (Å²) in [7, 11) is 0. The van der Waals surface area contributed by atoms with Gasteiger partial charge in [-0.2, -0.15) is 0 Å². The molecule has 1 aliphatic carbocycles. The van der Waals surface area contributed by atoms with Crippen LogP contribution in [0.2, 0.25) is 0 Å². The third kappa shape index (κ3) is 3.75. The molecule has 20 heavy (non-hydrogen) atoms. The van der Waals surface area contributed by atoms with Crippen LogP contribution < -0.4 is 5.73 Å². The van der Waals surface area contributed by atoms with E-state index in [4.69, 9.17) is 5.73 Å². The van der Waals surface area contributed by atoms with Gasteiger partial charge in [0.1, 0.15) is 0 Å². The molecule has 1 heterocycles. The summed E-state index contributed by atoms with van der Waals surface area (Å²) in [6.45, 7) is 13.9. The van der Waals surface area contributed by atoms with E-state index in [2.05, 4.69) is 37.5 Å². The minimum Gasteiger partial charge on any atom is -0.329 e. The lowest BCUT2D eigenvalue weighted by atomic mass is 9.87. The standard InChI is InChI=1S/C17H35N3/c1-14(2)12-20(16-6-7-16)17(13-18)8-5-10-19(11-9-17)15(3)4/h14-16H,5-13,18H2,1-4H3. The Bertz CT molecular complexity index is 299. The number of nitrogens with zero attached hydrogens (tertiary/aromatic N) is 2.